The van der Waals surface area contributed by atoms with E-state index in [9.17, 15) is 24.3 Å². The van der Waals surface area contributed by atoms with Gasteiger partial charge in [0.2, 0.25) is 6.29 Å². The minimum atomic E-state index is -1.93. The van der Waals surface area contributed by atoms with Crippen LogP contribution >= 0.6 is 0 Å². The molecule has 1 aliphatic heterocycles. The summed E-state index contributed by atoms with van der Waals surface area (Å²) in [5.41, 5.74) is 0. The summed E-state index contributed by atoms with van der Waals surface area (Å²) in [6.45, 7) is 3.97. The minimum absolute atomic E-state index is 0.406. The van der Waals surface area contributed by atoms with Crippen LogP contribution in [0.3, 0.4) is 0 Å². The highest BCUT2D eigenvalue weighted by Crippen LogP contribution is 2.28. The van der Waals surface area contributed by atoms with Crippen molar-refractivity contribution in [3.8, 4) is 0 Å². The SMILES string of the molecule is CC(=O)OCC1OC([O])C(OC(C)=O)C(OC(C)=O)C1OC(C)=O. The molecule has 1 heterocycles. The fourth-order valence-electron chi connectivity index (χ4n) is 2.19. The molecule has 10 nitrogen and oxygen atoms in total. The van der Waals surface area contributed by atoms with Crippen molar-refractivity contribution in [2.75, 3.05) is 6.61 Å². The molecule has 0 aromatic carbocycles. The van der Waals surface area contributed by atoms with Crippen LogP contribution in [-0.4, -0.2) is 61.2 Å². The Balaban J connectivity index is 3.11. The van der Waals surface area contributed by atoms with Gasteiger partial charge in [-0.1, -0.05) is 0 Å². The molecule has 0 bridgehead atoms. The van der Waals surface area contributed by atoms with Gasteiger partial charge in [0.1, 0.15) is 12.7 Å². The topological polar surface area (TPSA) is 134 Å². The Labute approximate surface area is 137 Å². The van der Waals surface area contributed by atoms with E-state index in [0.717, 1.165) is 27.7 Å². The summed E-state index contributed by atoms with van der Waals surface area (Å²) in [6.07, 6.45) is -7.32. The third kappa shape index (κ3) is 5.78. The number of esters is 4. The van der Waals surface area contributed by atoms with E-state index in [-0.39, 0.29) is 0 Å². The third-order valence-electron chi connectivity index (χ3n) is 2.95. The summed E-state index contributed by atoms with van der Waals surface area (Å²) in [5.74, 6) is -2.98. The van der Waals surface area contributed by atoms with Crippen LogP contribution < -0.4 is 0 Å². The fourth-order valence-corrected chi connectivity index (χ4v) is 2.19. The zero-order chi connectivity index (χ0) is 18.4. The second-order valence-corrected chi connectivity index (χ2v) is 5.07. The molecule has 135 valence electrons. The summed E-state index contributed by atoms with van der Waals surface area (Å²) < 4.78 is 24.8. The van der Waals surface area contributed by atoms with Gasteiger partial charge in [-0.2, -0.15) is 5.11 Å². The summed E-state index contributed by atoms with van der Waals surface area (Å²) in [7, 11) is 0. The molecule has 1 fully saturated rings. The second-order valence-electron chi connectivity index (χ2n) is 5.07. The van der Waals surface area contributed by atoms with E-state index in [1.165, 1.54) is 0 Å². The molecule has 0 N–H and O–H groups in total. The maximum absolute atomic E-state index is 12.1. The Kier molecular flexibility index (Phi) is 7.11. The Morgan fingerprint density at radius 2 is 1.21 bits per heavy atom. The first kappa shape index (κ1) is 19.8. The van der Waals surface area contributed by atoms with Crippen molar-refractivity contribution in [2.45, 2.75) is 58.4 Å². The van der Waals surface area contributed by atoms with Gasteiger partial charge in [0.05, 0.1) is 0 Å². The lowest BCUT2D eigenvalue weighted by atomic mass is 9.98. The number of ether oxygens (including phenoxy) is 5. The van der Waals surface area contributed by atoms with Crippen molar-refractivity contribution in [3.05, 3.63) is 0 Å². The molecule has 0 saturated carbocycles. The Morgan fingerprint density at radius 1 is 0.750 bits per heavy atom. The van der Waals surface area contributed by atoms with Gasteiger partial charge in [0.15, 0.2) is 18.3 Å². The van der Waals surface area contributed by atoms with Crippen LogP contribution in [0.4, 0.5) is 0 Å². The summed E-state index contributed by atoms with van der Waals surface area (Å²) in [4.78, 5) is 44.8. The second kappa shape index (κ2) is 8.60. The monoisotopic (exact) mass is 347 g/mol. The molecule has 10 heteroatoms. The predicted octanol–water partition coefficient (Wildman–Crippen LogP) is -0.500. The van der Waals surface area contributed by atoms with Gasteiger partial charge in [-0.3, -0.25) is 19.2 Å². The molecule has 0 aromatic rings. The summed E-state index contributed by atoms with van der Waals surface area (Å²) in [6, 6.07) is 0. The van der Waals surface area contributed by atoms with Gasteiger partial charge in [-0.25, -0.2) is 0 Å². The van der Waals surface area contributed by atoms with Crippen LogP contribution in [0.25, 0.3) is 0 Å². The van der Waals surface area contributed by atoms with Gasteiger partial charge in [0.25, 0.3) is 0 Å². The van der Waals surface area contributed by atoms with Crippen LogP contribution in [0.1, 0.15) is 27.7 Å². The zero-order valence-electron chi connectivity index (χ0n) is 13.7. The maximum Gasteiger partial charge on any atom is 0.303 e. The van der Waals surface area contributed by atoms with Crippen LogP contribution in [0, 0.1) is 0 Å². The molecule has 0 aromatic heterocycles. The van der Waals surface area contributed by atoms with Crippen molar-refractivity contribution in [3.63, 3.8) is 0 Å². The maximum atomic E-state index is 12.1. The molecule has 1 aliphatic rings. The van der Waals surface area contributed by atoms with Gasteiger partial charge >= 0.3 is 23.9 Å². The van der Waals surface area contributed by atoms with E-state index in [1.54, 1.807) is 0 Å². The molecule has 0 spiro atoms. The van der Waals surface area contributed by atoms with E-state index in [1.807, 2.05) is 0 Å². The molecule has 0 amide bonds. The van der Waals surface area contributed by atoms with Crippen LogP contribution in [0.15, 0.2) is 0 Å². The lowest BCUT2D eigenvalue weighted by molar-refractivity contribution is -0.310. The number of hydrogen-bond acceptors (Lipinski definition) is 9. The molecule has 1 rings (SSSR count). The van der Waals surface area contributed by atoms with Crippen molar-refractivity contribution < 1.29 is 48.0 Å². The molecule has 5 atom stereocenters. The van der Waals surface area contributed by atoms with Gasteiger partial charge in [-0.15, -0.1) is 0 Å². The zero-order valence-corrected chi connectivity index (χ0v) is 13.7. The van der Waals surface area contributed by atoms with Crippen molar-refractivity contribution in [2.24, 2.45) is 0 Å². The standard InChI is InChI=1S/C14H19O10/c1-6(15)20-5-10-11(21-7(2)16)12(22-8(3)17)13(14(19)24-10)23-9(4)18/h10-14H,5H2,1-4H3. The first-order valence-corrected chi connectivity index (χ1v) is 7.08. The summed E-state index contributed by atoms with van der Waals surface area (Å²) in [5, 5.41) is 12.1. The molecule has 1 saturated heterocycles. The Morgan fingerprint density at radius 3 is 1.67 bits per heavy atom. The van der Waals surface area contributed by atoms with Crippen molar-refractivity contribution in [1.82, 2.24) is 0 Å². The molecular formula is C14H19O10. The summed E-state index contributed by atoms with van der Waals surface area (Å²) >= 11 is 0. The smallest absolute Gasteiger partial charge is 0.303 e. The van der Waals surface area contributed by atoms with Gasteiger partial charge < -0.3 is 23.7 Å². The minimum Gasteiger partial charge on any atom is -0.463 e. The van der Waals surface area contributed by atoms with Gasteiger partial charge in [-0.05, 0) is 0 Å². The Bertz CT molecular complexity index is 502. The quantitative estimate of drug-likeness (QED) is 0.476. The lowest BCUT2D eigenvalue weighted by Crippen LogP contribution is -2.62. The molecule has 24 heavy (non-hydrogen) atoms. The largest absolute Gasteiger partial charge is 0.463 e. The highest BCUT2D eigenvalue weighted by Gasteiger charge is 2.52. The Hall–Kier alpha value is -2.20. The van der Waals surface area contributed by atoms with Crippen LogP contribution in [0.2, 0.25) is 0 Å². The van der Waals surface area contributed by atoms with E-state index in [0.29, 0.717) is 0 Å². The molecule has 1 radical (unpaired) electrons. The average molecular weight is 347 g/mol. The van der Waals surface area contributed by atoms with Crippen LogP contribution in [0.5, 0.6) is 0 Å². The lowest BCUT2D eigenvalue weighted by Gasteiger charge is -2.41. The average Bonchev–Trinajstić information content (AvgIpc) is 2.42. The van der Waals surface area contributed by atoms with Gasteiger partial charge in [0, 0.05) is 27.7 Å². The van der Waals surface area contributed by atoms with E-state index in [4.69, 9.17) is 23.7 Å². The molecular weight excluding hydrogens is 328 g/mol. The first-order valence-electron chi connectivity index (χ1n) is 7.08. The number of rotatable bonds is 5. The first-order chi connectivity index (χ1) is 11.1. The van der Waals surface area contributed by atoms with E-state index >= 15 is 0 Å². The number of hydrogen-bond donors (Lipinski definition) is 0. The van der Waals surface area contributed by atoms with Crippen LogP contribution in [-0.2, 0) is 48.0 Å². The number of carbonyl (C=O) groups is 4. The molecule has 5 unspecified atom stereocenters. The molecule has 0 aliphatic carbocycles. The third-order valence-corrected chi connectivity index (χ3v) is 2.95. The normalized spacial score (nSPS) is 29.3. The van der Waals surface area contributed by atoms with Crippen molar-refractivity contribution in [1.29, 1.82) is 0 Å². The highest BCUT2D eigenvalue weighted by atomic mass is 16.7. The van der Waals surface area contributed by atoms with E-state index in [2.05, 4.69) is 0 Å². The number of carbonyl (C=O) groups excluding carboxylic acids is 4. The van der Waals surface area contributed by atoms with E-state index < -0.39 is 61.2 Å². The van der Waals surface area contributed by atoms with Crippen molar-refractivity contribution >= 4 is 23.9 Å². The highest BCUT2D eigenvalue weighted by molar-refractivity contribution is 5.68. The predicted molar refractivity (Wildman–Crippen MR) is 72.6 cm³/mol. The fraction of sp³-hybridized carbons (Fsp3) is 0.714.